The minimum atomic E-state index is -1.07. The highest BCUT2D eigenvalue weighted by Gasteiger charge is 2.16. The van der Waals surface area contributed by atoms with Gasteiger partial charge in [-0.15, -0.1) is 11.3 Å². The molecule has 0 saturated heterocycles. The van der Waals surface area contributed by atoms with E-state index in [9.17, 15) is 9.59 Å². The van der Waals surface area contributed by atoms with Crippen molar-refractivity contribution in [1.82, 2.24) is 9.78 Å². The van der Waals surface area contributed by atoms with Crippen LogP contribution in [0, 0.1) is 0 Å². The summed E-state index contributed by atoms with van der Waals surface area (Å²) in [6.45, 7) is 1.54. The van der Waals surface area contributed by atoms with Gasteiger partial charge in [0.1, 0.15) is 11.2 Å². The number of carboxylic acids is 1. The Morgan fingerprint density at radius 1 is 1.40 bits per heavy atom. The number of carboxylic acid groups (broad SMARTS) is 1. The summed E-state index contributed by atoms with van der Waals surface area (Å²) in [7, 11) is 0. The molecular weight excluding hydrogens is 276 g/mol. The molecule has 20 heavy (non-hydrogen) atoms. The number of aromatic nitrogens is 2. The fourth-order valence-electron chi connectivity index (χ4n) is 2.32. The van der Waals surface area contributed by atoms with Gasteiger partial charge in [-0.1, -0.05) is 25.1 Å². The number of aliphatic carboxylic acids is 1. The van der Waals surface area contributed by atoms with Crippen LogP contribution in [0.5, 0.6) is 0 Å². The minimum absolute atomic E-state index is 0.333. The monoisotopic (exact) mass is 288 g/mol. The lowest BCUT2D eigenvalue weighted by atomic mass is 10.1. The Morgan fingerprint density at radius 2 is 2.15 bits per heavy atom. The summed E-state index contributed by atoms with van der Waals surface area (Å²) in [5, 5.41) is 15.0. The van der Waals surface area contributed by atoms with Gasteiger partial charge in [0, 0.05) is 15.5 Å². The zero-order chi connectivity index (χ0) is 14.3. The molecule has 3 aromatic rings. The highest BCUT2D eigenvalue weighted by Crippen LogP contribution is 2.33. The lowest BCUT2D eigenvalue weighted by Crippen LogP contribution is -2.27. The fraction of sp³-hybridized carbons (Fsp3) is 0.214. The summed E-state index contributed by atoms with van der Waals surface area (Å²) in [5.74, 6) is -1.07. The molecule has 5 nitrogen and oxygen atoms in total. The van der Waals surface area contributed by atoms with Gasteiger partial charge < -0.3 is 5.11 Å². The number of hydrogen-bond donors (Lipinski definition) is 1. The van der Waals surface area contributed by atoms with E-state index >= 15 is 0 Å². The molecule has 0 fully saturated rings. The van der Waals surface area contributed by atoms with Gasteiger partial charge in [0.15, 0.2) is 0 Å². The molecule has 0 saturated carbocycles. The number of rotatable bonds is 3. The molecule has 3 rings (SSSR count). The number of nitrogens with zero attached hydrogens (tertiary/aromatic N) is 2. The van der Waals surface area contributed by atoms with Crippen molar-refractivity contribution in [2.75, 3.05) is 0 Å². The van der Waals surface area contributed by atoms with Crippen molar-refractivity contribution in [3.05, 3.63) is 40.3 Å². The van der Waals surface area contributed by atoms with Crippen molar-refractivity contribution in [1.29, 1.82) is 0 Å². The van der Waals surface area contributed by atoms with Crippen molar-refractivity contribution in [2.45, 2.75) is 19.9 Å². The van der Waals surface area contributed by atoms with E-state index < -0.39 is 12.5 Å². The highest BCUT2D eigenvalue weighted by molar-refractivity contribution is 7.25. The summed E-state index contributed by atoms with van der Waals surface area (Å²) >= 11 is 1.39. The second-order valence-electron chi connectivity index (χ2n) is 4.46. The van der Waals surface area contributed by atoms with Crippen LogP contribution in [-0.2, 0) is 17.8 Å². The van der Waals surface area contributed by atoms with Crippen LogP contribution in [0.2, 0.25) is 0 Å². The molecule has 0 radical (unpaired) electrons. The quantitative estimate of drug-likeness (QED) is 0.802. The molecule has 1 aromatic carbocycles. The predicted molar refractivity (Wildman–Crippen MR) is 78.4 cm³/mol. The van der Waals surface area contributed by atoms with Gasteiger partial charge in [0.2, 0.25) is 0 Å². The van der Waals surface area contributed by atoms with Gasteiger partial charge in [0.25, 0.3) is 5.56 Å². The first kappa shape index (κ1) is 12.8. The maximum atomic E-state index is 12.3. The second-order valence-corrected chi connectivity index (χ2v) is 5.51. The zero-order valence-electron chi connectivity index (χ0n) is 10.8. The number of carbonyl (C=O) groups is 1. The molecule has 0 unspecified atom stereocenters. The maximum Gasteiger partial charge on any atom is 0.325 e. The van der Waals surface area contributed by atoms with Crippen molar-refractivity contribution in [2.24, 2.45) is 0 Å². The van der Waals surface area contributed by atoms with Gasteiger partial charge in [-0.25, -0.2) is 4.68 Å². The van der Waals surface area contributed by atoms with Crippen molar-refractivity contribution >= 4 is 37.5 Å². The van der Waals surface area contributed by atoms with Crippen molar-refractivity contribution in [3.8, 4) is 0 Å². The Labute approximate surface area is 118 Å². The standard InChI is InChI=1S/C14H12N2O3S/c1-2-9-12-8-5-3-4-6-10(8)20-13(12)14(19)16(15-9)7-11(17)18/h3-6H,2,7H2,1H3,(H,17,18). The first-order chi connectivity index (χ1) is 9.61. The first-order valence-electron chi connectivity index (χ1n) is 6.25. The van der Waals surface area contributed by atoms with E-state index in [-0.39, 0.29) is 5.56 Å². The van der Waals surface area contributed by atoms with Crippen LogP contribution in [-0.4, -0.2) is 20.9 Å². The van der Waals surface area contributed by atoms with Gasteiger partial charge in [-0.05, 0) is 12.5 Å². The van der Waals surface area contributed by atoms with Gasteiger partial charge in [-0.2, -0.15) is 5.10 Å². The first-order valence-corrected chi connectivity index (χ1v) is 7.06. The van der Waals surface area contributed by atoms with Crippen LogP contribution < -0.4 is 5.56 Å². The molecule has 1 N–H and O–H groups in total. The second kappa shape index (κ2) is 4.72. The molecule has 0 aliphatic rings. The van der Waals surface area contributed by atoms with E-state index in [1.807, 2.05) is 31.2 Å². The Balaban J connectivity index is 2.44. The third-order valence-electron chi connectivity index (χ3n) is 3.17. The number of aryl methyl sites for hydroxylation is 1. The Hall–Kier alpha value is -2.21. The molecule has 0 aliphatic heterocycles. The van der Waals surface area contributed by atoms with E-state index in [4.69, 9.17) is 5.11 Å². The number of thiophene rings is 1. The van der Waals surface area contributed by atoms with Crippen LogP contribution in [0.1, 0.15) is 12.6 Å². The molecule has 0 spiro atoms. The molecule has 2 heterocycles. The van der Waals surface area contributed by atoms with Crippen LogP contribution in [0.4, 0.5) is 0 Å². The van der Waals surface area contributed by atoms with Gasteiger partial charge in [0.05, 0.1) is 5.69 Å². The topological polar surface area (TPSA) is 72.2 Å². The smallest absolute Gasteiger partial charge is 0.325 e. The third-order valence-corrected chi connectivity index (χ3v) is 4.33. The Kier molecular flexibility index (Phi) is 3.02. The molecule has 102 valence electrons. The van der Waals surface area contributed by atoms with Crippen molar-refractivity contribution < 1.29 is 9.90 Å². The van der Waals surface area contributed by atoms with Gasteiger partial charge in [-0.3, -0.25) is 9.59 Å². The highest BCUT2D eigenvalue weighted by atomic mass is 32.1. The lowest BCUT2D eigenvalue weighted by molar-refractivity contribution is -0.138. The summed E-state index contributed by atoms with van der Waals surface area (Å²) in [4.78, 5) is 23.2. The molecule has 0 amide bonds. The minimum Gasteiger partial charge on any atom is -0.480 e. The molecular formula is C14H12N2O3S. The van der Waals surface area contributed by atoms with Crippen LogP contribution in [0.25, 0.3) is 20.2 Å². The summed E-state index contributed by atoms with van der Waals surface area (Å²) in [5.41, 5.74) is 0.430. The normalized spacial score (nSPS) is 11.2. The third kappa shape index (κ3) is 1.89. The maximum absolute atomic E-state index is 12.3. The molecule has 0 aliphatic carbocycles. The Bertz CT molecular complexity index is 879. The average Bonchev–Trinajstić information content (AvgIpc) is 2.81. The Morgan fingerprint density at radius 3 is 2.85 bits per heavy atom. The van der Waals surface area contributed by atoms with Gasteiger partial charge >= 0.3 is 5.97 Å². The predicted octanol–water partition coefficient (Wildman–Crippen LogP) is 2.26. The largest absolute Gasteiger partial charge is 0.480 e. The average molecular weight is 288 g/mol. The fourth-order valence-corrected chi connectivity index (χ4v) is 3.49. The SMILES string of the molecule is CCc1nn(CC(=O)O)c(=O)c2sc3ccccc3c12. The van der Waals surface area contributed by atoms with Crippen LogP contribution >= 0.6 is 11.3 Å². The van der Waals surface area contributed by atoms with E-state index in [1.54, 1.807) is 0 Å². The summed E-state index contributed by atoms with van der Waals surface area (Å²) in [6, 6.07) is 7.78. The van der Waals surface area contributed by atoms with E-state index in [2.05, 4.69) is 5.10 Å². The van der Waals surface area contributed by atoms with Crippen LogP contribution in [0.3, 0.4) is 0 Å². The lowest BCUT2D eigenvalue weighted by Gasteiger charge is -2.05. The summed E-state index contributed by atoms with van der Waals surface area (Å²) < 4.78 is 2.64. The molecule has 0 bridgehead atoms. The summed E-state index contributed by atoms with van der Waals surface area (Å²) in [6.07, 6.45) is 0.650. The van der Waals surface area contributed by atoms with E-state index in [0.29, 0.717) is 11.1 Å². The van der Waals surface area contributed by atoms with E-state index in [1.165, 1.54) is 11.3 Å². The number of benzene rings is 1. The number of fused-ring (bicyclic) bond motifs is 3. The zero-order valence-corrected chi connectivity index (χ0v) is 11.6. The van der Waals surface area contributed by atoms with Crippen LogP contribution in [0.15, 0.2) is 29.1 Å². The number of hydrogen-bond acceptors (Lipinski definition) is 4. The molecule has 0 atom stereocenters. The molecule has 6 heteroatoms. The molecule has 2 aromatic heterocycles. The van der Waals surface area contributed by atoms with Crippen molar-refractivity contribution in [3.63, 3.8) is 0 Å². The van der Waals surface area contributed by atoms with E-state index in [0.717, 1.165) is 25.8 Å².